The smallest absolute Gasteiger partial charge is 0.227 e. The number of carbonyl (C=O) groups is 1. The lowest BCUT2D eigenvalue weighted by molar-refractivity contribution is -0.131. The van der Waals surface area contributed by atoms with Gasteiger partial charge in [0.2, 0.25) is 5.91 Å². The molecule has 21 heavy (non-hydrogen) atoms. The van der Waals surface area contributed by atoms with Crippen LogP contribution >= 0.6 is 28.3 Å². The normalized spacial score (nSPS) is 10.7. The molecule has 0 saturated heterocycles. The maximum Gasteiger partial charge on any atom is 0.227 e. The third-order valence-electron chi connectivity index (χ3n) is 3.90. The zero-order chi connectivity index (χ0) is 15.2. The van der Waals surface area contributed by atoms with Crippen LogP contribution in [-0.4, -0.2) is 19.6 Å². The number of benzene rings is 1. The molecule has 0 aromatic heterocycles. The molecule has 0 heterocycles. The molecular weight excluding hydrogens is 356 g/mol. The van der Waals surface area contributed by atoms with Gasteiger partial charge >= 0.3 is 0 Å². The van der Waals surface area contributed by atoms with E-state index in [9.17, 15) is 4.79 Å². The van der Waals surface area contributed by atoms with Crippen LogP contribution in [0.1, 0.15) is 32.3 Å². The van der Waals surface area contributed by atoms with E-state index in [1.54, 1.807) is 7.11 Å². The van der Waals surface area contributed by atoms with Crippen LogP contribution in [0.3, 0.4) is 0 Å². The lowest BCUT2D eigenvalue weighted by atomic mass is 9.81. The van der Waals surface area contributed by atoms with Crippen molar-refractivity contribution in [2.75, 3.05) is 13.7 Å². The Morgan fingerprint density at radius 3 is 2.43 bits per heavy atom. The number of amides is 1. The van der Waals surface area contributed by atoms with Gasteiger partial charge in [0.25, 0.3) is 0 Å². The molecule has 6 heteroatoms. The van der Waals surface area contributed by atoms with Crippen molar-refractivity contribution in [3.63, 3.8) is 0 Å². The summed E-state index contributed by atoms with van der Waals surface area (Å²) in [5.74, 6) is 0.801. The maximum absolute atomic E-state index is 12.3. The van der Waals surface area contributed by atoms with Crippen LogP contribution < -0.4 is 15.8 Å². The largest absolute Gasteiger partial charge is 0.496 e. The fourth-order valence-corrected chi connectivity index (χ4v) is 2.73. The van der Waals surface area contributed by atoms with Crippen molar-refractivity contribution in [3.8, 4) is 5.75 Å². The zero-order valence-corrected chi connectivity index (χ0v) is 15.1. The summed E-state index contributed by atoms with van der Waals surface area (Å²) in [6.07, 6.45) is 1.50. The summed E-state index contributed by atoms with van der Waals surface area (Å²) in [6, 6.07) is 5.76. The van der Waals surface area contributed by atoms with E-state index in [0.717, 1.165) is 28.6 Å². The van der Waals surface area contributed by atoms with Gasteiger partial charge in [-0.1, -0.05) is 19.9 Å². The Bertz CT molecular complexity index is 457. The second-order valence-electron chi connectivity index (χ2n) is 4.84. The third-order valence-corrected chi connectivity index (χ3v) is 4.51. The highest BCUT2D eigenvalue weighted by molar-refractivity contribution is 9.10. The van der Waals surface area contributed by atoms with E-state index < -0.39 is 5.41 Å². The van der Waals surface area contributed by atoms with Gasteiger partial charge < -0.3 is 15.8 Å². The second-order valence-corrected chi connectivity index (χ2v) is 5.70. The Morgan fingerprint density at radius 1 is 1.38 bits per heavy atom. The molecule has 0 atom stereocenters. The predicted molar refractivity (Wildman–Crippen MR) is 91.9 cm³/mol. The van der Waals surface area contributed by atoms with E-state index in [1.165, 1.54) is 0 Å². The van der Waals surface area contributed by atoms with Gasteiger partial charge in [-0.15, -0.1) is 12.4 Å². The number of ether oxygens (including phenoxy) is 1. The van der Waals surface area contributed by atoms with Crippen molar-refractivity contribution in [2.24, 2.45) is 11.1 Å². The number of halogens is 2. The molecule has 1 aromatic rings. The molecule has 0 saturated carbocycles. The van der Waals surface area contributed by atoms with Gasteiger partial charge in [-0.25, -0.2) is 0 Å². The number of hydrogen-bond donors (Lipinski definition) is 2. The summed E-state index contributed by atoms with van der Waals surface area (Å²) in [7, 11) is 1.62. The summed E-state index contributed by atoms with van der Waals surface area (Å²) >= 11 is 3.44. The van der Waals surface area contributed by atoms with Crippen molar-refractivity contribution in [1.29, 1.82) is 0 Å². The van der Waals surface area contributed by atoms with Crippen molar-refractivity contribution in [2.45, 2.75) is 33.2 Å². The van der Waals surface area contributed by atoms with Crippen molar-refractivity contribution < 1.29 is 9.53 Å². The topological polar surface area (TPSA) is 64.4 Å². The van der Waals surface area contributed by atoms with Gasteiger partial charge in [0.15, 0.2) is 0 Å². The Labute approximate surface area is 141 Å². The van der Waals surface area contributed by atoms with Crippen LogP contribution in [0.5, 0.6) is 5.75 Å². The quantitative estimate of drug-likeness (QED) is 0.764. The van der Waals surface area contributed by atoms with Crippen molar-refractivity contribution in [1.82, 2.24) is 5.32 Å². The second kappa shape index (κ2) is 9.28. The van der Waals surface area contributed by atoms with Crippen LogP contribution in [0.4, 0.5) is 0 Å². The van der Waals surface area contributed by atoms with E-state index in [0.29, 0.717) is 13.1 Å². The molecular formula is C15H24BrClN2O2. The summed E-state index contributed by atoms with van der Waals surface area (Å²) < 4.78 is 6.06. The molecule has 0 aliphatic carbocycles. The van der Waals surface area contributed by atoms with Crippen LogP contribution in [0.25, 0.3) is 0 Å². The van der Waals surface area contributed by atoms with E-state index in [-0.39, 0.29) is 18.3 Å². The number of nitrogens with one attached hydrogen (secondary N) is 1. The Morgan fingerprint density at radius 2 is 2.00 bits per heavy atom. The van der Waals surface area contributed by atoms with Crippen LogP contribution in [-0.2, 0) is 11.3 Å². The number of hydrogen-bond acceptors (Lipinski definition) is 3. The molecule has 1 amide bonds. The molecule has 0 spiro atoms. The van der Waals surface area contributed by atoms with Gasteiger partial charge in [0.1, 0.15) is 5.75 Å². The molecule has 0 bridgehead atoms. The van der Waals surface area contributed by atoms with Gasteiger partial charge in [0.05, 0.1) is 17.0 Å². The van der Waals surface area contributed by atoms with Crippen molar-refractivity contribution in [3.05, 3.63) is 28.2 Å². The molecule has 3 N–H and O–H groups in total. The van der Waals surface area contributed by atoms with Gasteiger partial charge in [0, 0.05) is 13.1 Å². The van der Waals surface area contributed by atoms with E-state index in [1.807, 2.05) is 32.0 Å². The average molecular weight is 380 g/mol. The molecule has 1 rings (SSSR count). The first-order chi connectivity index (χ1) is 9.52. The highest BCUT2D eigenvalue weighted by Gasteiger charge is 2.32. The van der Waals surface area contributed by atoms with Gasteiger partial charge in [-0.05, 0) is 46.5 Å². The lowest BCUT2D eigenvalue weighted by Crippen LogP contribution is -2.45. The number of methoxy groups -OCH3 is 1. The summed E-state index contributed by atoms with van der Waals surface area (Å²) in [5, 5.41) is 2.98. The SMILES string of the molecule is CCC(CC)(CN)C(=O)NCc1ccc(OC)c(Br)c1.Cl. The van der Waals surface area contributed by atoms with E-state index in [2.05, 4.69) is 21.2 Å². The number of carbonyl (C=O) groups excluding carboxylic acids is 1. The minimum Gasteiger partial charge on any atom is -0.496 e. The highest BCUT2D eigenvalue weighted by atomic mass is 79.9. The number of nitrogens with two attached hydrogens (primary N) is 1. The van der Waals surface area contributed by atoms with Gasteiger partial charge in [-0.3, -0.25) is 4.79 Å². The van der Waals surface area contributed by atoms with Crippen LogP contribution in [0, 0.1) is 5.41 Å². The fourth-order valence-electron chi connectivity index (χ4n) is 2.14. The number of rotatable bonds is 7. The molecule has 1 aromatic carbocycles. The molecule has 0 aliphatic heterocycles. The van der Waals surface area contributed by atoms with Gasteiger partial charge in [-0.2, -0.15) is 0 Å². The predicted octanol–water partition coefficient (Wildman–Crippen LogP) is 3.26. The van der Waals surface area contributed by atoms with E-state index in [4.69, 9.17) is 10.5 Å². The zero-order valence-electron chi connectivity index (χ0n) is 12.7. The maximum atomic E-state index is 12.3. The highest BCUT2D eigenvalue weighted by Crippen LogP contribution is 2.27. The van der Waals surface area contributed by atoms with Crippen molar-refractivity contribution >= 4 is 34.2 Å². The molecule has 0 aliphatic rings. The molecule has 0 unspecified atom stereocenters. The fraction of sp³-hybridized carbons (Fsp3) is 0.533. The average Bonchev–Trinajstić information content (AvgIpc) is 2.47. The molecule has 0 fully saturated rings. The minimum atomic E-state index is -0.455. The Kier molecular flexibility index (Phi) is 8.94. The summed E-state index contributed by atoms with van der Waals surface area (Å²) in [5.41, 5.74) is 6.34. The first kappa shape index (κ1) is 20.2. The summed E-state index contributed by atoms with van der Waals surface area (Å²) in [4.78, 5) is 12.3. The minimum absolute atomic E-state index is 0. The Balaban J connectivity index is 0.00000400. The van der Waals surface area contributed by atoms with Crippen LogP contribution in [0.15, 0.2) is 22.7 Å². The standard InChI is InChI=1S/C15H23BrN2O2.ClH/c1-4-15(5-2,10-17)14(19)18-9-11-6-7-13(20-3)12(16)8-11;/h6-8H,4-5,9-10,17H2,1-3H3,(H,18,19);1H. The first-order valence-electron chi connectivity index (χ1n) is 6.83. The summed E-state index contributed by atoms with van der Waals surface area (Å²) in [6.45, 7) is 4.86. The molecule has 4 nitrogen and oxygen atoms in total. The Hall–Kier alpha value is -0.780. The third kappa shape index (κ3) is 4.87. The first-order valence-corrected chi connectivity index (χ1v) is 7.63. The molecule has 0 radical (unpaired) electrons. The molecule has 120 valence electrons. The van der Waals surface area contributed by atoms with E-state index >= 15 is 0 Å². The van der Waals surface area contributed by atoms with Crippen LogP contribution in [0.2, 0.25) is 0 Å². The lowest BCUT2D eigenvalue weighted by Gasteiger charge is -2.28. The monoisotopic (exact) mass is 378 g/mol.